The van der Waals surface area contributed by atoms with Crippen LogP contribution in [-0.2, 0) is 52.2 Å². The highest BCUT2D eigenvalue weighted by Crippen LogP contribution is 2.76. The molecule has 5 heterocycles. The van der Waals surface area contributed by atoms with E-state index < -0.39 is 196 Å². The van der Waals surface area contributed by atoms with Gasteiger partial charge >= 0.3 is 5.97 Å². The number of fused-ring (bicyclic) bond motifs is 7. The van der Waals surface area contributed by atoms with Gasteiger partial charge in [-0.25, -0.2) is 0 Å². The molecule has 0 bridgehead atoms. The van der Waals surface area contributed by atoms with Gasteiger partial charge in [0.1, 0.15) is 110 Å². The Morgan fingerprint density at radius 1 is 0.535 bits per heavy atom. The largest absolute Gasteiger partial charge is 0.432 e. The van der Waals surface area contributed by atoms with Gasteiger partial charge in [0, 0.05) is 5.41 Å². The first kappa shape index (κ1) is 67.1. The normalized spacial score (nSPS) is 54.8. The van der Waals surface area contributed by atoms with Crippen LogP contribution < -0.4 is 0 Å². The summed E-state index contributed by atoms with van der Waals surface area (Å²) in [7, 11) is 0. The molecule has 494 valence electrons. The maximum absolute atomic E-state index is 15.1. The SMILES string of the molecule is CC1OC(OC2C(OC3CCC4(C)C(CCC5(C)C4CC=C4C6CC(C)(C)CCC6(C(=O)OC6OC(CO)C(OC7OC(CO)C(O)C(O)C7O)C(O)C6O)CCC45C)C3(C)CO)OCC(O)C2O)C(O)C(OC2OC(CO)C(O)C(O)C2O)C1O. The lowest BCUT2D eigenvalue weighted by atomic mass is 9.33. The Morgan fingerprint density at radius 3 is 1.70 bits per heavy atom. The highest BCUT2D eigenvalue weighted by molar-refractivity contribution is 5.79. The molecule has 5 aliphatic heterocycles. The van der Waals surface area contributed by atoms with Gasteiger partial charge in [-0.2, -0.15) is 0 Å². The van der Waals surface area contributed by atoms with E-state index in [1.165, 1.54) is 12.5 Å². The Morgan fingerprint density at radius 2 is 1.09 bits per heavy atom. The molecule has 4 saturated carbocycles. The van der Waals surface area contributed by atoms with E-state index in [-0.39, 0.29) is 47.2 Å². The fraction of sp³-hybridized carbons (Fsp3) is 0.949. The summed E-state index contributed by atoms with van der Waals surface area (Å²) < 4.78 is 59.7. The molecule has 10 aliphatic rings. The number of aliphatic hydroxyl groups is 16. The molecule has 5 aliphatic carbocycles. The van der Waals surface area contributed by atoms with E-state index in [9.17, 15) is 81.7 Å². The summed E-state index contributed by atoms with van der Waals surface area (Å²) in [5, 5.41) is 173. The van der Waals surface area contributed by atoms with E-state index in [4.69, 9.17) is 47.4 Å². The zero-order valence-electron chi connectivity index (χ0n) is 50.0. The standard InChI is InChI=1S/C59H96O27/c1-24-34(65)46(84-49-42(73)39(70)37(68)29(20-61)80-49)44(75)51(78-24)85-47-35(66)27(64)22-77-52(47)82-33-11-12-55(4)31(56(33,5)23-63)10-13-58(7)32(55)9-8-25-26-18-54(2,3)14-16-59(26,17-15-57(25,58)6)53(76)86-50-43(74)40(71)45(30(21-62)81-50)83-48-41(72)38(69)36(67)28(19-60)79-48/h8,24,26-52,60-75H,9-23H2,1-7H3. The minimum absolute atomic E-state index is 0.0885. The number of allylic oxidation sites excluding steroid dienone is 2. The molecular weight excluding hydrogens is 1140 g/mol. The first-order valence-electron chi connectivity index (χ1n) is 30.8. The highest BCUT2D eigenvalue weighted by Gasteiger charge is 2.71. The summed E-state index contributed by atoms with van der Waals surface area (Å²) in [4.78, 5) is 15.1. The minimum Gasteiger partial charge on any atom is -0.432 e. The monoisotopic (exact) mass is 1240 g/mol. The average Bonchev–Trinajstić information content (AvgIpc) is 0.694. The van der Waals surface area contributed by atoms with Crippen LogP contribution >= 0.6 is 0 Å². The van der Waals surface area contributed by atoms with Gasteiger partial charge in [-0.05, 0) is 111 Å². The van der Waals surface area contributed by atoms with Crippen molar-refractivity contribution in [2.45, 2.75) is 266 Å². The Labute approximate surface area is 499 Å². The van der Waals surface area contributed by atoms with Crippen molar-refractivity contribution in [1.82, 2.24) is 0 Å². The summed E-state index contributed by atoms with van der Waals surface area (Å²) in [6.45, 7) is 11.8. The lowest BCUT2D eigenvalue weighted by molar-refractivity contribution is -0.383. The van der Waals surface area contributed by atoms with Crippen molar-refractivity contribution in [3.63, 3.8) is 0 Å². The topological polar surface area (TPSA) is 433 Å². The van der Waals surface area contributed by atoms with Gasteiger partial charge in [0.25, 0.3) is 0 Å². The van der Waals surface area contributed by atoms with E-state index in [0.717, 1.165) is 6.42 Å². The zero-order chi connectivity index (χ0) is 62.7. The Hall–Kier alpha value is -1.79. The molecule has 0 spiro atoms. The molecule has 86 heavy (non-hydrogen) atoms. The maximum Gasteiger partial charge on any atom is 0.315 e. The molecule has 27 heteroatoms. The Kier molecular flexibility index (Phi) is 19.4. The van der Waals surface area contributed by atoms with Crippen molar-refractivity contribution in [3.8, 4) is 0 Å². The number of aliphatic hydroxyl groups excluding tert-OH is 16. The molecule has 10 rings (SSSR count). The van der Waals surface area contributed by atoms with E-state index in [1.807, 2.05) is 6.92 Å². The van der Waals surface area contributed by atoms with Crippen LogP contribution in [0.1, 0.15) is 113 Å². The van der Waals surface area contributed by atoms with E-state index in [1.54, 1.807) is 0 Å². The lowest BCUT2D eigenvalue weighted by Crippen LogP contribution is -2.67. The second-order valence-electron chi connectivity index (χ2n) is 28.5. The number of hydrogen-bond donors (Lipinski definition) is 16. The molecule has 33 unspecified atom stereocenters. The van der Waals surface area contributed by atoms with Gasteiger partial charge in [-0.15, -0.1) is 0 Å². The van der Waals surface area contributed by atoms with Gasteiger partial charge < -0.3 is 129 Å². The number of carbonyl (C=O) groups excluding carboxylic acids is 1. The van der Waals surface area contributed by atoms with Crippen LogP contribution in [0.5, 0.6) is 0 Å². The van der Waals surface area contributed by atoms with Crippen LogP contribution in [0.25, 0.3) is 0 Å². The third kappa shape index (κ3) is 11.1. The molecular formula is C59H96O27. The molecule has 0 amide bonds. The van der Waals surface area contributed by atoms with Crippen LogP contribution in [0, 0.1) is 50.2 Å². The van der Waals surface area contributed by atoms with Crippen LogP contribution in [0.2, 0.25) is 0 Å². The Bertz CT molecular complexity index is 2380. The molecule has 5 saturated heterocycles. The minimum atomic E-state index is -1.91. The second kappa shape index (κ2) is 24.9. The molecule has 0 aromatic rings. The van der Waals surface area contributed by atoms with E-state index in [0.29, 0.717) is 57.8 Å². The van der Waals surface area contributed by atoms with Crippen molar-refractivity contribution in [3.05, 3.63) is 11.6 Å². The summed E-state index contributed by atoms with van der Waals surface area (Å²) >= 11 is 0. The van der Waals surface area contributed by atoms with Gasteiger partial charge in [0.2, 0.25) is 6.29 Å². The maximum atomic E-state index is 15.1. The fourth-order valence-corrected chi connectivity index (χ4v) is 17.7. The predicted octanol–water partition coefficient (Wildman–Crippen LogP) is -3.57. The first-order valence-corrected chi connectivity index (χ1v) is 30.8. The first-order chi connectivity index (χ1) is 40.4. The van der Waals surface area contributed by atoms with Crippen LogP contribution in [0.4, 0.5) is 0 Å². The van der Waals surface area contributed by atoms with Crippen LogP contribution in [-0.4, -0.2) is 274 Å². The van der Waals surface area contributed by atoms with Gasteiger partial charge in [0.05, 0.1) is 50.7 Å². The van der Waals surface area contributed by atoms with E-state index in [2.05, 4.69) is 40.7 Å². The lowest BCUT2D eigenvalue weighted by Gasteiger charge is -2.71. The number of hydrogen-bond acceptors (Lipinski definition) is 27. The third-order valence-corrected chi connectivity index (χ3v) is 23.3. The number of esters is 1. The Balaban J connectivity index is 0.850. The van der Waals surface area contributed by atoms with E-state index >= 15 is 4.79 Å². The van der Waals surface area contributed by atoms with Crippen LogP contribution in [0.15, 0.2) is 11.6 Å². The quantitative estimate of drug-likeness (QED) is 0.0454. The fourth-order valence-electron chi connectivity index (χ4n) is 17.7. The summed E-state index contributed by atoms with van der Waals surface area (Å²) in [6, 6.07) is 0. The smallest absolute Gasteiger partial charge is 0.315 e. The number of ether oxygens (including phenoxy) is 10. The van der Waals surface area contributed by atoms with Gasteiger partial charge in [-0.3, -0.25) is 4.79 Å². The molecule has 33 atom stereocenters. The van der Waals surface area contributed by atoms with Gasteiger partial charge in [-0.1, -0.05) is 53.2 Å². The van der Waals surface area contributed by atoms with Crippen molar-refractivity contribution in [1.29, 1.82) is 0 Å². The molecule has 9 fully saturated rings. The summed E-state index contributed by atoms with van der Waals surface area (Å²) in [5.74, 6) is -0.929. The molecule has 0 aromatic carbocycles. The summed E-state index contributed by atoms with van der Waals surface area (Å²) in [6.07, 6.45) is -31.7. The average molecular weight is 1240 g/mol. The molecule has 16 N–H and O–H groups in total. The second-order valence-corrected chi connectivity index (χ2v) is 28.5. The third-order valence-electron chi connectivity index (χ3n) is 23.3. The highest BCUT2D eigenvalue weighted by atomic mass is 16.8. The number of carbonyl (C=O) groups is 1. The van der Waals surface area contributed by atoms with Crippen LogP contribution in [0.3, 0.4) is 0 Å². The summed E-state index contributed by atoms with van der Waals surface area (Å²) in [5.41, 5.74) is -2.07. The molecule has 0 aromatic heterocycles. The number of rotatable bonds is 14. The van der Waals surface area contributed by atoms with Crippen molar-refractivity contribution in [2.24, 2.45) is 50.2 Å². The molecule has 27 nitrogen and oxygen atoms in total. The van der Waals surface area contributed by atoms with Crippen molar-refractivity contribution >= 4 is 5.97 Å². The molecule has 0 radical (unpaired) electrons. The van der Waals surface area contributed by atoms with Crippen molar-refractivity contribution in [2.75, 3.05) is 33.0 Å². The zero-order valence-corrected chi connectivity index (χ0v) is 50.0. The van der Waals surface area contributed by atoms with Gasteiger partial charge in [0.15, 0.2) is 25.2 Å². The van der Waals surface area contributed by atoms with Crippen molar-refractivity contribution < 1.29 is 134 Å². The predicted molar refractivity (Wildman–Crippen MR) is 289 cm³/mol.